The SMILES string of the molecule is O=C(Cc1ccc(NC2=N[C@@H]3CS(=O)(=O)C[C@@H]3S2)cc1)NCCC[NH+]1CCOCC1. The van der Waals surface area contributed by atoms with Crippen LogP contribution in [0.15, 0.2) is 29.3 Å². The first kappa shape index (κ1) is 21.6. The Balaban J connectivity index is 1.17. The minimum absolute atomic E-state index is 0.0327. The molecular weight excluding hydrogens is 424 g/mol. The minimum atomic E-state index is -2.93. The number of nitrogens with zero attached hydrogens (tertiary/aromatic N) is 1. The number of anilines is 1. The average molecular weight is 454 g/mol. The third-order valence-electron chi connectivity index (χ3n) is 5.62. The van der Waals surface area contributed by atoms with Crippen molar-refractivity contribution in [3.8, 4) is 0 Å². The molecule has 0 saturated carbocycles. The molecule has 1 aromatic rings. The molecule has 3 N–H and O–H groups in total. The van der Waals surface area contributed by atoms with Crippen LogP contribution in [-0.4, -0.2) is 81.7 Å². The number of hydrogen-bond donors (Lipinski definition) is 3. The van der Waals surface area contributed by atoms with Crippen molar-refractivity contribution in [2.45, 2.75) is 24.1 Å². The number of amides is 1. The maximum Gasteiger partial charge on any atom is 0.224 e. The maximum atomic E-state index is 12.2. The number of morpholine rings is 1. The van der Waals surface area contributed by atoms with Gasteiger partial charge >= 0.3 is 0 Å². The van der Waals surface area contributed by atoms with Crippen molar-refractivity contribution in [2.24, 2.45) is 4.99 Å². The number of fused-ring (bicyclic) bond motifs is 1. The Morgan fingerprint density at radius 2 is 1.97 bits per heavy atom. The highest BCUT2D eigenvalue weighted by molar-refractivity contribution is 8.15. The lowest BCUT2D eigenvalue weighted by Crippen LogP contribution is -3.14. The van der Waals surface area contributed by atoms with Gasteiger partial charge in [0.05, 0.1) is 43.7 Å². The molecule has 3 aliphatic heterocycles. The van der Waals surface area contributed by atoms with Crippen molar-refractivity contribution in [3.63, 3.8) is 0 Å². The number of ether oxygens (including phenoxy) is 1. The number of hydrogen-bond acceptors (Lipinski definition) is 7. The number of quaternary nitrogens is 1. The first-order valence-electron chi connectivity index (χ1n) is 10.5. The number of nitrogens with one attached hydrogen (secondary N) is 3. The van der Waals surface area contributed by atoms with E-state index >= 15 is 0 Å². The number of aliphatic imine (C=N–C) groups is 1. The lowest BCUT2D eigenvalue weighted by Gasteiger charge is -2.23. The second-order valence-electron chi connectivity index (χ2n) is 8.05. The van der Waals surface area contributed by atoms with E-state index in [1.807, 2.05) is 24.3 Å². The Morgan fingerprint density at radius 1 is 1.20 bits per heavy atom. The number of carbonyl (C=O) groups is 1. The molecule has 0 spiro atoms. The van der Waals surface area contributed by atoms with Crippen LogP contribution in [0.2, 0.25) is 0 Å². The highest BCUT2D eigenvalue weighted by Crippen LogP contribution is 2.34. The predicted octanol–water partition coefficient (Wildman–Crippen LogP) is -0.669. The molecule has 0 radical (unpaired) electrons. The summed E-state index contributed by atoms with van der Waals surface area (Å²) in [5.41, 5.74) is 1.85. The summed E-state index contributed by atoms with van der Waals surface area (Å²) in [6.45, 7) is 5.56. The van der Waals surface area contributed by atoms with Crippen molar-refractivity contribution in [3.05, 3.63) is 29.8 Å². The number of carbonyl (C=O) groups excluding carboxylic acids is 1. The zero-order chi connectivity index (χ0) is 21.0. The Morgan fingerprint density at radius 3 is 2.70 bits per heavy atom. The molecule has 10 heteroatoms. The quantitative estimate of drug-likeness (QED) is 0.474. The summed E-state index contributed by atoms with van der Waals surface area (Å²) in [7, 11) is -2.93. The topological polar surface area (TPSA) is 101 Å². The Bertz CT molecular complexity index is 883. The molecule has 164 valence electrons. The molecule has 4 rings (SSSR count). The maximum absolute atomic E-state index is 12.2. The van der Waals surface area contributed by atoms with Crippen LogP contribution in [-0.2, 0) is 25.8 Å². The van der Waals surface area contributed by atoms with E-state index < -0.39 is 9.84 Å². The van der Waals surface area contributed by atoms with Crippen LogP contribution in [0, 0.1) is 0 Å². The summed E-state index contributed by atoms with van der Waals surface area (Å²) in [6, 6.07) is 7.60. The normalized spacial score (nSPS) is 25.5. The van der Waals surface area contributed by atoms with Crippen LogP contribution >= 0.6 is 11.8 Å². The number of sulfone groups is 1. The molecule has 2 atom stereocenters. The first-order valence-corrected chi connectivity index (χ1v) is 13.2. The molecule has 0 aromatic heterocycles. The Kier molecular flexibility index (Phi) is 6.97. The number of amidine groups is 1. The molecule has 3 heterocycles. The van der Waals surface area contributed by atoms with Crippen LogP contribution in [0.5, 0.6) is 0 Å². The first-order chi connectivity index (χ1) is 14.5. The fraction of sp³-hybridized carbons (Fsp3) is 0.600. The van der Waals surface area contributed by atoms with E-state index in [-0.39, 0.29) is 28.7 Å². The summed E-state index contributed by atoms with van der Waals surface area (Å²) in [5, 5.41) is 7.06. The van der Waals surface area contributed by atoms with Gasteiger partial charge in [0.25, 0.3) is 0 Å². The minimum Gasteiger partial charge on any atom is -0.370 e. The van der Waals surface area contributed by atoms with Crippen LogP contribution in [0.3, 0.4) is 0 Å². The van der Waals surface area contributed by atoms with Crippen molar-refractivity contribution in [1.29, 1.82) is 0 Å². The van der Waals surface area contributed by atoms with E-state index in [9.17, 15) is 13.2 Å². The smallest absolute Gasteiger partial charge is 0.224 e. The molecule has 0 unspecified atom stereocenters. The van der Waals surface area contributed by atoms with E-state index in [0.717, 1.165) is 55.7 Å². The van der Waals surface area contributed by atoms with Gasteiger partial charge in [-0.05, 0) is 17.7 Å². The summed E-state index contributed by atoms with van der Waals surface area (Å²) in [5.74, 6) is 0.397. The fourth-order valence-electron chi connectivity index (χ4n) is 3.97. The van der Waals surface area contributed by atoms with Crippen LogP contribution in [0.25, 0.3) is 0 Å². The fourth-order valence-corrected chi connectivity index (χ4v) is 7.65. The summed E-state index contributed by atoms with van der Waals surface area (Å²) in [4.78, 5) is 18.2. The van der Waals surface area contributed by atoms with Gasteiger partial charge in [-0.25, -0.2) is 8.42 Å². The van der Waals surface area contributed by atoms with Gasteiger partial charge in [0.1, 0.15) is 13.1 Å². The van der Waals surface area contributed by atoms with E-state index in [1.54, 1.807) is 4.90 Å². The molecular formula is C20H29N4O4S2+. The molecule has 8 nitrogen and oxygen atoms in total. The summed E-state index contributed by atoms with van der Waals surface area (Å²) >= 11 is 1.50. The van der Waals surface area contributed by atoms with Crippen molar-refractivity contribution >= 4 is 38.4 Å². The van der Waals surface area contributed by atoms with Crippen molar-refractivity contribution < 1.29 is 22.8 Å². The molecule has 30 heavy (non-hydrogen) atoms. The highest BCUT2D eigenvalue weighted by Gasteiger charge is 2.42. The molecule has 2 saturated heterocycles. The predicted molar refractivity (Wildman–Crippen MR) is 119 cm³/mol. The third kappa shape index (κ3) is 5.96. The van der Waals surface area contributed by atoms with Gasteiger partial charge in [0, 0.05) is 23.9 Å². The molecule has 3 aliphatic rings. The van der Waals surface area contributed by atoms with Gasteiger partial charge in [-0.1, -0.05) is 23.9 Å². The highest BCUT2D eigenvalue weighted by atomic mass is 32.2. The second-order valence-corrected chi connectivity index (χ2v) is 11.4. The largest absolute Gasteiger partial charge is 0.370 e. The van der Waals surface area contributed by atoms with Crippen LogP contribution in [0.1, 0.15) is 12.0 Å². The third-order valence-corrected chi connectivity index (χ3v) is 8.76. The van der Waals surface area contributed by atoms with Crippen LogP contribution in [0.4, 0.5) is 5.69 Å². The van der Waals surface area contributed by atoms with Gasteiger partial charge in [0.2, 0.25) is 5.91 Å². The van der Waals surface area contributed by atoms with Gasteiger partial charge in [-0.2, -0.15) is 0 Å². The van der Waals surface area contributed by atoms with Gasteiger partial charge in [-0.3, -0.25) is 9.79 Å². The Hall–Kier alpha value is -1.62. The van der Waals surface area contributed by atoms with E-state index in [0.29, 0.717) is 13.0 Å². The summed E-state index contributed by atoms with van der Waals surface area (Å²) in [6.07, 6.45) is 1.34. The number of benzene rings is 1. The molecule has 1 aromatic carbocycles. The van der Waals surface area contributed by atoms with Crippen molar-refractivity contribution in [1.82, 2.24) is 5.32 Å². The zero-order valence-corrected chi connectivity index (χ0v) is 18.6. The average Bonchev–Trinajstić information content (AvgIpc) is 3.20. The molecule has 1 amide bonds. The van der Waals surface area contributed by atoms with Gasteiger partial charge in [0.15, 0.2) is 15.0 Å². The van der Waals surface area contributed by atoms with Gasteiger partial charge < -0.3 is 20.3 Å². The standard InChI is InChI=1S/C20H28N4O4S2/c25-19(21-6-1-7-24-8-10-28-11-9-24)12-15-2-4-16(5-3-15)22-20-23-17-13-30(26,27)14-18(17)29-20/h2-5,17-18H,1,6-14H2,(H,21,25)(H,22,23)/p+1/t17-,18+/m1/s1. The second kappa shape index (κ2) is 9.67. The lowest BCUT2D eigenvalue weighted by molar-refractivity contribution is -0.908. The van der Waals surface area contributed by atoms with E-state index in [2.05, 4.69) is 15.6 Å². The van der Waals surface area contributed by atoms with Crippen molar-refractivity contribution in [2.75, 3.05) is 56.2 Å². The zero-order valence-electron chi connectivity index (χ0n) is 16.9. The van der Waals surface area contributed by atoms with Gasteiger partial charge in [-0.15, -0.1) is 0 Å². The number of thioether (sulfide) groups is 1. The molecule has 0 aliphatic carbocycles. The Labute approximate surface area is 181 Å². The monoisotopic (exact) mass is 453 g/mol. The summed E-state index contributed by atoms with van der Waals surface area (Å²) < 4.78 is 28.7. The molecule has 2 fully saturated rings. The van der Waals surface area contributed by atoms with Crippen LogP contribution < -0.4 is 15.5 Å². The van der Waals surface area contributed by atoms with E-state index in [4.69, 9.17) is 4.74 Å². The van der Waals surface area contributed by atoms with E-state index in [1.165, 1.54) is 11.8 Å². The molecule has 0 bridgehead atoms. The lowest BCUT2D eigenvalue weighted by atomic mass is 10.1. The number of rotatable bonds is 7.